The van der Waals surface area contributed by atoms with Gasteiger partial charge in [-0.2, -0.15) is 12.6 Å². The molecule has 1 amide bonds. The molecule has 0 aromatic heterocycles. The first-order valence-electron chi connectivity index (χ1n) is 13.7. The Hall–Kier alpha value is -2.11. The van der Waals surface area contributed by atoms with Crippen LogP contribution in [-0.4, -0.2) is 31.4 Å². The molecule has 0 spiro atoms. The molecule has 0 aliphatic carbocycles. The summed E-state index contributed by atoms with van der Waals surface area (Å²) in [6.45, 7) is 7.04. The van der Waals surface area contributed by atoms with Crippen LogP contribution < -0.4 is 15.4 Å². The summed E-state index contributed by atoms with van der Waals surface area (Å²) in [7, 11) is 0. The molecule has 0 saturated heterocycles. The highest BCUT2D eigenvalue weighted by molar-refractivity contribution is 7.80. The summed E-state index contributed by atoms with van der Waals surface area (Å²) >= 11 is 10.6. The quantitative estimate of drug-likeness (QED) is 0.191. The first-order chi connectivity index (χ1) is 17.9. The molecule has 1 aliphatic heterocycles. The van der Waals surface area contributed by atoms with E-state index in [1.807, 2.05) is 24.3 Å². The Morgan fingerprint density at radius 3 is 2.78 bits per heavy atom. The molecule has 1 heterocycles. The Bertz CT molecular complexity index is 1030. The first-order valence-corrected chi connectivity index (χ1v) is 14.7. The van der Waals surface area contributed by atoms with E-state index in [0.29, 0.717) is 29.9 Å². The first kappa shape index (κ1) is 29.4. The maximum Gasteiger partial charge on any atom is 0.248 e. The van der Waals surface area contributed by atoms with E-state index in [9.17, 15) is 4.79 Å². The van der Waals surface area contributed by atoms with E-state index in [4.69, 9.17) is 22.1 Å². The van der Waals surface area contributed by atoms with Gasteiger partial charge in [-0.1, -0.05) is 56.2 Å². The van der Waals surface area contributed by atoms with E-state index >= 15 is 0 Å². The fourth-order valence-electron chi connectivity index (χ4n) is 4.90. The molecule has 0 radical (unpaired) electrons. The summed E-state index contributed by atoms with van der Waals surface area (Å²) in [5, 5.41) is 0.790. The number of ether oxygens (including phenoxy) is 1. The summed E-state index contributed by atoms with van der Waals surface area (Å²) in [5.41, 5.74) is 8.40. The van der Waals surface area contributed by atoms with E-state index < -0.39 is 5.91 Å². The number of rotatable bonds is 14. The predicted molar refractivity (Wildman–Crippen MR) is 160 cm³/mol. The number of allylic oxidation sites excluding steroid dienone is 2. The molecule has 1 unspecified atom stereocenters. The van der Waals surface area contributed by atoms with E-state index in [0.717, 1.165) is 80.2 Å². The van der Waals surface area contributed by atoms with Gasteiger partial charge in [0.05, 0.1) is 12.3 Å². The predicted octanol–water partition coefficient (Wildman–Crippen LogP) is 7.60. The lowest BCUT2D eigenvalue weighted by Crippen LogP contribution is -2.32. The molecule has 2 N–H and O–H groups in total. The van der Waals surface area contributed by atoms with Crippen LogP contribution in [0.15, 0.2) is 54.6 Å². The maximum atomic E-state index is 11.9. The number of amides is 1. The van der Waals surface area contributed by atoms with Crippen molar-refractivity contribution >= 4 is 35.8 Å². The monoisotopic (exact) mass is 542 g/mol. The average Bonchev–Trinajstić information content (AvgIpc) is 3.07. The Morgan fingerprint density at radius 2 is 2.05 bits per heavy atom. The molecular formula is C31H43ClN2O2S. The third-order valence-corrected chi connectivity index (χ3v) is 8.23. The van der Waals surface area contributed by atoms with Crippen LogP contribution in [0.25, 0.3) is 0 Å². The van der Waals surface area contributed by atoms with Crippen LogP contribution in [0.4, 0.5) is 5.69 Å². The molecule has 2 aromatic rings. The van der Waals surface area contributed by atoms with Crippen molar-refractivity contribution in [3.63, 3.8) is 0 Å². The van der Waals surface area contributed by atoms with Crippen molar-refractivity contribution in [3.05, 3.63) is 70.8 Å². The zero-order chi connectivity index (χ0) is 26.6. The van der Waals surface area contributed by atoms with Crippen LogP contribution >= 0.6 is 24.2 Å². The number of primary amides is 1. The molecule has 6 heteroatoms. The number of thiol groups is 1. The topological polar surface area (TPSA) is 55.6 Å². The number of hydrogen-bond acceptors (Lipinski definition) is 4. The van der Waals surface area contributed by atoms with Gasteiger partial charge < -0.3 is 15.4 Å². The Labute approximate surface area is 234 Å². The van der Waals surface area contributed by atoms with Gasteiger partial charge in [-0.3, -0.25) is 4.79 Å². The minimum absolute atomic E-state index is 0.405. The number of halogens is 1. The number of aryl methyl sites for hydroxylation is 1. The van der Waals surface area contributed by atoms with Crippen molar-refractivity contribution in [3.8, 4) is 5.75 Å². The molecule has 4 nitrogen and oxygen atoms in total. The van der Waals surface area contributed by atoms with Crippen LogP contribution in [0.3, 0.4) is 0 Å². The third-order valence-electron chi connectivity index (χ3n) is 7.37. The zero-order valence-corrected chi connectivity index (χ0v) is 24.0. The van der Waals surface area contributed by atoms with Crippen molar-refractivity contribution in [2.75, 3.05) is 30.3 Å². The zero-order valence-electron chi connectivity index (χ0n) is 22.4. The van der Waals surface area contributed by atoms with E-state index in [2.05, 4.69) is 55.7 Å². The lowest BCUT2D eigenvalue weighted by atomic mass is 9.96. The molecule has 2 aromatic carbocycles. The number of fused-ring (bicyclic) bond motifs is 1. The van der Waals surface area contributed by atoms with Crippen molar-refractivity contribution in [2.24, 2.45) is 23.5 Å². The van der Waals surface area contributed by atoms with E-state index in [1.54, 1.807) is 6.07 Å². The van der Waals surface area contributed by atoms with Gasteiger partial charge in [0.15, 0.2) is 0 Å². The molecule has 3 atom stereocenters. The molecule has 202 valence electrons. The van der Waals surface area contributed by atoms with Gasteiger partial charge in [-0.25, -0.2) is 0 Å². The van der Waals surface area contributed by atoms with Crippen molar-refractivity contribution < 1.29 is 9.53 Å². The van der Waals surface area contributed by atoms with Gasteiger partial charge in [0, 0.05) is 29.6 Å². The normalized spacial score (nSPS) is 17.2. The van der Waals surface area contributed by atoms with Crippen molar-refractivity contribution in [1.29, 1.82) is 0 Å². The lowest BCUT2D eigenvalue weighted by Gasteiger charge is -2.28. The summed E-state index contributed by atoms with van der Waals surface area (Å²) in [5.74, 6) is 3.00. The van der Waals surface area contributed by atoms with Crippen LogP contribution in [0.2, 0.25) is 5.02 Å². The Kier molecular flexibility index (Phi) is 12.2. The fourth-order valence-corrected chi connectivity index (χ4v) is 5.26. The number of anilines is 1. The fraction of sp³-hybridized carbons (Fsp3) is 0.516. The minimum atomic E-state index is -0.405. The molecule has 1 aliphatic rings. The van der Waals surface area contributed by atoms with E-state index in [1.165, 1.54) is 5.56 Å². The summed E-state index contributed by atoms with van der Waals surface area (Å²) in [6, 6.07) is 13.7. The maximum absolute atomic E-state index is 11.9. The number of benzene rings is 2. The summed E-state index contributed by atoms with van der Waals surface area (Å²) in [4.78, 5) is 14.3. The molecule has 3 rings (SSSR count). The molecular weight excluding hydrogens is 500 g/mol. The Morgan fingerprint density at radius 1 is 1.24 bits per heavy atom. The van der Waals surface area contributed by atoms with Crippen molar-refractivity contribution in [1.82, 2.24) is 0 Å². The van der Waals surface area contributed by atoms with Crippen LogP contribution in [0, 0.1) is 17.8 Å². The molecule has 0 saturated carbocycles. The Balaban J connectivity index is 1.66. The second kappa shape index (κ2) is 15.3. The smallest absolute Gasteiger partial charge is 0.248 e. The van der Waals surface area contributed by atoms with Crippen LogP contribution in [0.1, 0.15) is 68.3 Å². The number of nitrogens with zero attached hydrogens (tertiary/aromatic N) is 1. The van der Waals surface area contributed by atoms with Gasteiger partial charge >= 0.3 is 0 Å². The number of carbonyl (C=O) groups is 1. The number of nitrogens with two attached hydrogens (primary N) is 1. The van der Waals surface area contributed by atoms with Crippen molar-refractivity contribution in [2.45, 2.75) is 58.8 Å². The SMILES string of the molecule is CC[C@@H](C/C=C/C[C@H](C)CS)CCN1CC(CCCc2cccc(Cl)c2)COc2ccc(C(N)=O)cc21. The highest BCUT2D eigenvalue weighted by Gasteiger charge is 2.24. The highest BCUT2D eigenvalue weighted by atomic mass is 35.5. The van der Waals surface area contributed by atoms with Crippen LogP contribution in [0.5, 0.6) is 5.75 Å². The van der Waals surface area contributed by atoms with Gasteiger partial charge in [-0.15, -0.1) is 0 Å². The summed E-state index contributed by atoms with van der Waals surface area (Å²) < 4.78 is 6.26. The largest absolute Gasteiger partial charge is 0.491 e. The van der Waals surface area contributed by atoms with Gasteiger partial charge in [-0.05, 0) is 92.0 Å². The molecule has 0 fully saturated rings. The summed E-state index contributed by atoms with van der Waals surface area (Å²) in [6.07, 6.45) is 12.2. The van der Waals surface area contributed by atoms with Gasteiger partial charge in [0.2, 0.25) is 5.91 Å². The standard InChI is InChI=1S/C31H43ClN2O2S/c1-3-24(9-5-4-8-23(2)22-37)16-17-34-20-26(12-6-10-25-11-7-13-28(32)18-25)21-36-30-15-14-27(31(33)35)19-29(30)34/h4-5,7,11,13-15,18-19,23-24,26,37H,3,6,8-10,12,16-17,20-22H2,1-2H3,(H2,33,35)/b5-4+/t23-,24-,26?/m0/s1. The van der Waals surface area contributed by atoms with E-state index in [-0.39, 0.29) is 0 Å². The average molecular weight is 543 g/mol. The highest BCUT2D eigenvalue weighted by Crippen LogP contribution is 2.35. The lowest BCUT2D eigenvalue weighted by molar-refractivity contribution is 0.100. The van der Waals surface area contributed by atoms with Gasteiger partial charge in [0.1, 0.15) is 5.75 Å². The molecule has 37 heavy (non-hydrogen) atoms. The minimum Gasteiger partial charge on any atom is -0.491 e. The third kappa shape index (κ3) is 9.61. The van der Waals surface area contributed by atoms with Crippen LogP contribution in [-0.2, 0) is 6.42 Å². The second-order valence-electron chi connectivity index (χ2n) is 10.5. The number of carbonyl (C=O) groups excluding carboxylic acids is 1. The van der Waals surface area contributed by atoms with Gasteiger partial charge in [0.25, 0.3) is 0 Å². The molecule has 0 bridgehead atoms. The number of hydrogen-bond donors (Lipinski definition) is 2. The second-order valence-corrected chi connectivity index (χ2v) is 11.3.